The molecule has 0 radical (unpaired) electrons. The number of anilines is 1. The second kappa shape index (κ2) is 6.06. The molecule has 1 aliphatic heterocycles. The number of fused-ring (bicyclic) bond motifs is 1. The van der Waals surface area contributed by atoms with Crippen molar-refractivity contribution in [3.63, 3.8) is 0 Å². The molecule has 0 saturated carbocycles. The molecule has 10 heteroatoms. The number of aryl methyl sites for hydroxylation is 2. The van der Waals surface area contributed by atoms with Gasteiger partial charge in [-0.15, -0.1) is 0 Å². The monoisotopic (exact) mass is 356 g/mol. The van der Waals surface area contributed by atoms with Crippen LogP contribution >= 0.6 is 11.6 Å². The molecule has 0 spiro atoms. The number of sulfonamides is 1. The molecule has 0 aliphatic carbocycles. The SMILES string of the molecule is CCc1nc2n(n1)CCC[C@H]2NS(=O)(=O)c1cc(Cl)cnc1N. The highest BCUT2D eigenvalue weighted by Crippen LogP contribution is 2.27. The van der Waals surface area contributed by atoms with Crippen LogP contribution in [0.1, 0.15) is 37.5 Å². The summed E-state index contributed by atoms with van der Waals surface area (Å²) in [5.41, 5.74) is 5.68. The van der Waals surface area contributed by atoms with Gasteiger partial charge in [0.25, 0.3) is 0 Å². The van der Waals surface area contributed by atoms with Gasteiger partial charge < -0.3 is 5.73 Å². The van der Waals surface area contributed by atoms with Crippen LogP contribution in [0.5, 0.6) is 0 Å². The van der Waals surface area contributed by atoms with E-state index in [1.807, 2.05) is 6.92 Å². The number of halogens is 1. The average molecular weight is 357 g/mol. The van der Waals surface area contributed by atoms with Crippen molar-refractivity contribution in [2.45, 2.75) is 43.7 Å². The lowest BCUT2D eigenvalue weighted by atomic mass is 10.1. The zero-order valence-corrected chi connectivity index (χ0v) is 14.1. The summed E-state index contributed by atoms with van der Waals surface area (Å²) in [5.74, 6) is 1.24. The molecule has 3 N–H and O–H groups in total. The van der Waals surface area contributed by atoms with Gasteiger partial charge in [-0.05, 0) is 18.9 Å². The van der Waals surface area contributed by atoms with E-state index in [0.717, 1.165) is 13.0 Å². The summed E-state index contributed by atoms with van der Waals surface area (Å²) < 4.78 is 29.6. The van der Waals surface area contributed by atoms with Crippen LogP contribution < -0.4 is 10.5 Å². The minimum Gasteiger partial charge on any atom is -0.383 e. The Morgan fingerprint density at radius 3 is 3.04 bits per heavy atom. The molecule has 2 aromatic heterocycles. The first-order chi connectivity index (χ1) is 10.9. The van der Waals surface area contributed by atoms with Gasteiger partial charge in [-0.2, -0.15) is 5.10 Å². The highest BCUT2D eigenvalue weighted by molar-refractivity contribution is 7.89. The summed E-state index contributed by atoms with van der Waals surface area (Å²) in [7, 11) is -3.86. The molecule has 0 saturated heterocycles. The molecular formula is C13H17ClN6O2S. The van der Waals surface area contributed by atoms with Crippen molar-refractivity contribution in [3.8, 4) is 0 Å². The van der Waals surface area contributed by atoms with Crippen molar-refractivity contribution in [2.24, 2.45) is 0 Å². The summed E-state index contributed by atoms with van der Waals surface area (Å²) in [6.45, 7) is 2.69. The summed E-state index contributed by atoms with van der Waals surface area (Å²) in [5, 5.41) is 4.57. The van der Waals surface area contributed by atoms with E-state index >= 15 is 0 Å². The highest BCUT2D eigenvalue weighted by atomic mass is 35.5. The lowest BCUT2D eigenvalue weighted by Gasteiger charge is -2.23. The van der Waals surface area contributed by atoms with Gasteiger partial charge >= 0.3 is 0 Å². The van der Waals surface area contributed by atoms with Gasteiger partial charge in [-0.1, -0.05) is 18.5 Å². The molecule has 0 unspecified atom stereocenters. The quantitative estimate of drug-likeness (QED) is 0.852. The van der Waals surface area contributed by atoms with Crippen LogP contribution in [0.2, 0.25) is 5.02 Å². The molecular weight excluding hydrogens is 340 g/mol. The van der Waals surface area contributed by atoms with Gasteiger partial charge in [0.05, 0.1) is 11.1 Å². The van der Waals surface area contributed by atoms with Crippen molar-refractivity contribution < 1.29 is 8.42 Å². The maximum Gasteiger partial charge on any atom is 0.244 e. The number of hydrogen-bond donors (Lipinski definition) is 2. The minimum absolute atomic E-state index is 0.0894. The molecule has 2 aromatic rings. The Hall–Kier alpha value is -1.71. The van der Waals surface area contributed by atoms with E-state index in [1.165, 1.54) is 12.3 Å². The third-order valence-electron chi connectivity index (χ3n) is 3.67. The van der Waals surface area contributed by atoms with Gasteiger partial charge in [0.1, 0.15) is 16.5 Å². The van der Waals surface area contributed by atoms with Gasteiger partial charge in [0.15, 0.2) is 5.82 Å². The predicted molar refractivity (Wildman–Crippen MR) is 85.4 cm³/mol. The molecule has 0 bridgehead atoms. The first kappa shape index (κ1) is 16.2. The van der Waals surface area contributed by atoms with Crippen LogP contribution in [-0.2, 0) is 23.0 Å². The number of rotatable bonds is 4. The largest absolute Gasteiger partial charge is 0.383 e. The van der Waals surface area contributed by atoms with E-state index in [2.05, 4.69) is 19.8 Å². The summed E-state index contributed by atoms with van der Waals surface area (Å²) in [6.07, 6.45) is 3.47. The fourth-order valence-electron chi connectivity index (χ4n) is 2.56. The van der Waals surface area contributed by atoms with Crippen LogP contribution in [-0.4, -0.2) is 28.2 Å². The van der Waals surface area contributed by atoms with E-state index in [-0.39, 0.29) is 15.7 Å². The number of nitrogens with one attached hydrogen (secondary N) is 1. The molecule has 8 nitrogen and oxygen atoms in total. The molecule has 124 valence electrons. The molecule has 0 amide bonds. The third kappa shape index (κ3) is 3.17. The Bertz CT molecular complexity index is 835. The lowest BCUT2D eigenvalue weighted by molar-refractivity contribution is 0.399. The Labute approximate surface area is 139 Å². The van der Waals surface area contributed by atoms with Crippen molar-refractivity contribution in [2.75, 3.05) is 5.73 Å². The van der Waals surface area contributed by atoms with Crippen LogP contribution in [0.15, 0.2) is 17.2 Å². The van der Waals surface area contributed by atoms with Crippen LogP contribution in [0.4, 0.5) is 5.82 Å². The lowest BCUT2D eigenvalue weighted by Crippen LogP contribution is -2.33. The molecule has 1 atom stereocenters. The Balaban J connectivity index is 1.93. The summed E-state index contributed by atoms with van der Waals surface area (Å²) in [6, 6.07) is 0.844. The Morgan fingerprint density at radius 2 is 2.30 bits per heavy atom. The molecule has 3 heterocycles. The normalized spacial score (nSPS) is 17.9. The van der Waals surface area contributed by atoms with Crippen molar-refractivity contribution in [3.05, 3.63) is 28.9 Å². The number of nitrogen functional groups attached to an aromatic ring is 1. The number of hydrogen-bond acceptors (Lipinski definition) is 6. The number of nitrogens with zero attached hydrogens (tertiary/aromatic N) is 4. The van der Waals surface area contributed by atoms with E-state index in [1.54, 1.807) is 4.68 Å². The van der Waals surface area contributed by atoms with Crippen molar-refractivity contribution in [1.29, 1.82) is 0 Å². The maximum absolute atomic E-state index is 12.6. The fourth-order valence-corrected chi connectivity index (χ4v) is 4.12. The van der Waals surface area contributed by atoms with Crippen molar-refractivity contribution in [1.82, 2.24) is 24.5 Å². The molecule has 1 aliphatic rings. The molecule has 23 heavy (non-hydrogen) atoms. The smallest absolute Gasteiger partial charge is 0.244 e. The number of aromatic nitrogens is 4. The average Bonchev–Trinajstić information content (AvgIpc) is 2.93. The minimum atomic E-state index is -3.86. The number of pyridine rings is 1. The predicted octanol–water partition coefficient (Wildman–Crippen LogP) is 1.28. The first-order valence-corrected chi connectivity index (χ1v) is 9.14. The molecule has 3 rings (SSSR count). The van der Waals surface area contributed by atoms with E-state index < -0.39 is 16.1 Å². The maximum atomic E-state index is 12.6. The van der Waals surface area contributed by atoms with Crippen LogP contribution in [0, 0.1) is 0 Å². The first-order valence-electron chi connectivity index (χ1n) is 7.27. The van der Waals surface area contributed by atoms with Crippen LogP contribution in [0.25, 0.3) is 0 Å². The van der Waals surface area contributed by atoms with Crippen LogP contribution in [0.3, 0.4) is 0 Å². The van der Waals surface area contributed by atoms with Gasteiger partial charge in [0, 0.05) is 19.2 Å². The second-order valence-electron chi connectivity index (χ2n) is 5.32. The van der Waals surface area contributed by atoms with E-state index in [0.29, 0.717) is 24.5 Å². The van der Waals surface area contributed by atoms with Gasteiger partial charge in [-0.3, -0.25) is 0 Å². The summed E-state index contributed by atoms with van der Waals surface area (Å²) >= 11 is 5.83. The van der Waals surface area contributed by atoms with Gasteiger partial charge in [-0.25, -0.2) is 27.8 Å². The van der Waals surface area contributed by atoms with Gasteiger partial charge in [0.2, 0.25) is 10.0 Å². The Morgan fingerprint density at radius 1 is 1.52 bits per heavy atom. The zero-order chi connectivity index (χ0) is 16.6. The Kier molecular flexibility index (Phi) is 4.26. The fraction of sp³-hybridized carbons (Fsp3) is 0.462. The molecule has 0 aromatic carbocycles. The van der Waals surface area contributed by atoms with E-state index in [4.69, 9.17) is 17.3 Å². The standard InChI is InChI=1S/C13H17ClN6O2S/c1-2-11-17-13-9(4-3-5-20(13)18-11)19-23(21,22)10-6-8(14)7-16-12(10)15/h6-7,9,19H,2-5H2,1H3,(H2,15,16)/t9-/m1/s1. The zero-order valence-electron chi connectivity index (χ0n) is 12.5. The molecule has 0 fully saturated rings. The third-order valence-corrected chi connectivity index (χ3v) is 5.38. The summed E-state index contributed by atoms with van der Waals surface area (Å²) in [4.78, 5) is 8.09. The van der Waals surface area contributed by atoms with E-state index in [9.17, 15) is 8.42 Å². The highest BCUT2D eigenvalue weighted by Gasteiger charge is 2.30. The van der Waals surface area contributed by atoms with Crippen molar-refractivity contribution >= 4 is 27.4 Å². The number of nitrogens with two attached hydrogens (primary N) is 1. The topological polar surface area (TPSA) is 116 Å². The second-order valence-corrected chi connectivity index (χ2v) is 7.43.